The van der Waals surface area contributed by atoms with E-state index < -0.39 is 17.7 Å². The molecule has 0 amide bonds. The number of hydrogen-bond donors (Lipinski definition) is 1. The first-order valence-electron chi connectivity index (χ1n) is 5.15. The Kier molecular flexibility index (Phi) is 4.00. The first kappa shape index (κ1) is 13.5. The monoisotopic (exact) mass is 331 g/mol. The maximum atomic E-state index is 13.6. The number of halogens is 4. The molecule has 0 fully saturated rings. The van der Waals surface area contributed by atoms with Crippen LogP contribution in [-0.2, 0) is 0 Å². The van der Waals surface area contributed by atoms with Crippen molar-refractivity contribution in [1.29, 1.82) is 0 Å². The smallest absolute Gasteiger partial charge is 0.131 e. The number of rotatable bonds is 2. The molecule has 0 spiro atoms. The molecular weight excluding hydrogens is 324 g/mol. The van der Waals surface area contributed by atoms with Crippen molar-refractivity contribution in [2.24, 2.45) is 5.73 Å². The molecule has 2 aromatic carbocycles. The molecular formula is C13H9BrClF2N. The van der Waals surface area contributed by atoms with Gasteiger partial charge in [-0.25, -0.2) is 8.78 Å². The van der Waals surface area contributed by atoms with Gasteiger partial charge in [0.2, 0.25) is 0 Å². The molecule has 0 aliphatic heterocycles. The van der Waals surface area contributed by atoms with Crippen LogP contribution < -0.4 is 5.73 Å². The fraction of sp³-hybridized carbons (Fsp3) is 0.0769. The summed E-state index contributed by atoms with van der Waals surface area (Å²) in [6.45, 7) is 0. The van der Waals surface area contributed by atoms with Crippen molar-refractivity contribution in [3.63, 3.8) is 0 Å². The maximum absolute atomic E-state index is 13.6. The van der Waals surface area contributed by atoms with Crippen LogP contribution in [0.1, 0.15) is 17.2 Å². The van der Waals surface area contributed by atoms with Crippen LogP contribution in [0.2, 0.25) is 5.02 Å². The molecule has 1 unspecified atom stereocenters. The standard InChI is InChI=1S/C13H9BrClF2N/c14-8-4-1-3-7(12(8)15)13(18)11-9(16)5-2-6-10(11)17/h1-6,13H,18H2. The third-order valence-corrected chi connectivity index (χ3v) is 3.94. The van der Waals surface area contributed by atoms with E-state index in [1.54, 1.807) is 18.2 Å². The van der Waals surface area contributed by atoms with E-state index in [1.165, 1.54) is 18.2 Å². The largest absolute Gasteiger partial charge is 0.320 e. The molecule has 2 rings (SSSR count). The molecule has 18 heavy (non-hydrogen) atoms. The summed E-state index contributed by atoms with van der Waals surface area (Å²) in [6, 6.07) is 7.78. The molecule has 0 saturated heterocycles. The van der Waals surface area contributed by atoms with E-state index in [-0.39, 0.29) is 5.56 Å². The lowest BCUT2D eigenvalue weighted by molar-refractivity contribution is 0.543. The summed E-state index contributed by atoms with van der Waals surface area (Å²) in [5.74, 6) is -1.36. The maximum Gasteiger partial charge on any atom is 0.131 e. The highest BCUT2D eigenvalue weighted by molar-refractivity contribution is 9.10. The molecule has 0 aliphatic rings. The zero-order chi connectivity index (χ0) is 13.3. The molecule has 5 heteroatoms. The van der Waals surface area contributed by atoms with Crippen LogP contribution in [0.5, 0.6) is 0 Å². The first-order chi connectivity index (χ1) is 8.52. The van der Waals surface area contributed by atoms with Gasteiger partial charge in [-0.3, -0.25) is 0 Å². The molecule has 0 aliphatic carbocycles. The molecule has 94 valence electrons. The fourth-order valence-corrected chi connectivity index (χ4v) is 2.35. The van der Waals surface area contributed by atoms with Gasteiger partial charge in [-0.2, -0.15) is 0 Å². The quantitative estimate of drug-likeness (QED) is 0.865. The molecule has 0 heterocycles. The Bertz CT molecular complexity index is 569. The van der Waals surface area contributed by atoms with Gasteiger partial charge in [-0.05, 0) is 39.7 Å². The van der Waals surface area contributed by atoms with Crippen molar-refractivity contribution in [3.8, 4) is 0 Å². The van der Waals surface area contributed by atoms with Crippen LogP contribution >= 0.6 is 27.5 Å². The summed E-state index contributed by atoms with van der Waals surface area (Å²) < 4.78 is 27.9. The average Bonchev–Trinajstić information content (AvgIpc) is 2.32. The Hall–Kier alpha value is -0.970. The molecule has 1 nitrogen and oxygen atoms in total. The first-order valence-corrected chi connectivity index (χ1v) is 6.33. The van der Waals surface area contributed by atoms with E-state index in [0.29, 0.717) is 15.1 Å². The van der Waals surface area contributed by atoms with Gasteiger partial charge in [-0.1, -0.05) is 29.8 Å². The predicted molar refractivity (Wildman–Crippen MR) is 71.5 cm³/mol. The SMILES string of the molecule is NC(c1cccc(Br)c1Cl)c1c(F)cccc1F. The van der Waals surface area contributed by atoms with E-state index in [4.69, 9.17) is 17.3 Å². The Balaban J connectivity index is 2.55. The summed E-state index contributed by atoms with van der Waals surface area (Å²) in [4.78, 5) is 0. The van der Waals surface area contributed by atoms with E-state index in [2.05, 4.69) is 15.9 Å². The summed E-state index contributed by atoms with van der Waals surface area (Å²) in [5, 5.41) is 0.354. The predicted octanol–water partition coefficient (Wildman–Crippen LogP) is 4.43. The lowest BCUT2D eigenvalue weighted by Gasteiger charge is -2.16. The van der Waals surface area contributed by atoms with Crippen LogP contribution in [0.3, 0.4) is 0 Å². The van der Waals surface area contributed by atoms with Gasteiger partial charge in [0.15, 0.2) is 0 Å². The van der Waals surface area contributed by atoms with Crippen LogP contribution in [0.15, 0.2) is 40.9 Å². The third-order valence-electron chi connectivity index (χ3n) is 2.63. The Morgan fingerprint density at radius 1 is 1.06 bits per heavy atom. The Morgan fingerprint density at radius 2 is 1.61 bits per heavy atom. The van der Waals surface area contributed by atoms with Gasteiger partial charge < -0.3 is 5.73 Å². The van der Waals surface area contributed by atoms with Gasteiger partial charge in [-0.15, -0.1) is 0 Å². The zero-order valence-corrected chi connectivity index (χ0v) is 11.5. The summed E-state index contributed by atoms with van der Waals surface area (Å²) in [7, 11) is 0. The minimum atomic E-state index is -0.948. The lowest BCUT2D eigenvalue weighted by Crippen LogP contribution is -2.16. The van der Waals surface area contributed by atoms with E-state index >= 15 is 0 Å². The van der Waals surface area contributed by atoms with Crippen LogP contribution in [0, 0.1) is 11.6 Å². The summed E-state index contributed by atoms with van der Waals surface area (Å²) in [6.07, 6.45) is 0. The molecule has 0 radical (unpaired) electrons. The van der Waals surface area contributed by atoms with Crippen molar-refractivity contribution in [3.05, 3.63) is 68.7 Å². The second-order valence-corrected chi connectivity index (χ2v) is 4.99. The normalized spacial score (nSPS) is 12.5. The molecule has 0 bridgehead atoms. The van der Waals surface area contributed by atoms with E-state index in [1.807, 2.05) is 0 Å². The third kappa shape index (κ3) is 2.41. The average molecular weight is 333 g/mol. The minimum Gasteiger partial charge on any atom is -0.320 e. The van der Waals surface area contributed by atoms with Gasteiger partial charge in [0.05, 0.1) is 11.1 Å². The molecule has 2 aromatic rings. The second kappa shape index (κ2) is 5.34. The molecule has 1 atom stereocenters. The fourth-order valence-electron chi connectivity index (χ4n) is 1.72. The Labute approximate surface area is 117 Å². The summed E-state index contributed by atoms with van der Waals surface area (Å²) in [5.41, 5.74) is 6.19. The van der Waals surface area contributed by atoms with Gasteiger partial charge in [0.1, 0.15) is 11.6 Å². The second-order valence-electron chi connectivity index (χ2n) is 3.76. The molecule has 0 aromatic heterocycles. The molecule has 2 N–H and O–H groups in total. The highest BCUT2D eigenvalue weighted by atomic mass is 79.9. The topological polar surface area (TPSA) is 26.0 Å². The van der Waals surface area contributed by atoms with Gasteiger partial charge in [0.25, 0.3) is 0 Å². The van der Waals surface area contributed by atoms with Crippen molar-refractivity contribution in [2.45, 2.75) is 6.04 Å². The van der Waals surface area contributed by atoms with Crippen LogP contribution in [-0.4, -0.2) is 0 Å². The van der Waals surface area contributed by atoms with Crippen molar-refractivity contribution in [1.82, 2.24) is 0 Å². The van der Waals surface area contributed by atoms with Gasteiger partial charge >= 0.3 is 0 Å². The number of nitrogens with two attached hydrogens (primary N) is 1. The highest BCUT2D eigenvalue weighted by Gasteiger charge is 2.20. The number of benzene rings is 2. The summed E-state index contributed by atoms with van der Waals surface area (Å²) >= 11 is 9.32. The molecule has 0 saturated carbocycles. The van der Waals surface area contributed by atoms with Gasteiger partial charge in [0, 0.05) is 10.0 Å². The van der Waals surface area contributed by atoms with Crippen molar-refractivity contribution >= 4 is 27.5 Å². The van der Waals surface area contributed by atoms with Crippen LogP contribution in [0.4, 0.5) is 8.78 Å². The van der Waals surface area contributed by atoms with E-state index in [9.17, 15) is 8.78 Å². The highest BCUT2D eigenvalue weighted by Crippen LogP contribution is 2.33. The number of hydrogen-bond acceptors (Lipinski definition) is 1. The Morgan fingerprint density at radius 3 is 2.22 bits per heavy atom. The van der Waals surface area contributed by atoms with Crippen molar-refractivity contribution in [2.75, 3.05) is 0 Å². The van der Waals surface area contributed by atoms with E-state index in [0.717, 1.165) is 0 Å². The lowest BCUT2D eigenvalue weighted by atomic mass is 9.98. The van der Waals surface area contributed by atoms with Crippen LogP contribution in [0.25, 0.3) is 0 Å². The zero-order valence-electron chi connectivity index (χ0n) is 9.13. The van der Waals surface area contributed by atoms with Crippen molar-refractivity contribution < 1.29 is 8.78 Å². The minimum absolute atomic E-state index is 0.183.